The molecule has 2 aromatic carbocycles. The van der Waals surface area contributed by atoms with Crippen molar-refractivity contribution < 1.29 is 9.53 Å². The molecule has 1 amide bonds. The fourth-order valence-corrected chi connectivity index (χ4v) is 2.01. The molecule has 0 atom stereocenters. The summed E-state index contributed by atoms with van der Waals surface area (Å²) in [4.78, 5) is 11.8. The van der Waals surface area contributed by atoms with E-state index in [2.05, 4.69) is 12.2 Å². The Balaban J connectivity index is 1.76. The number of hydrogen-bond donors (Lipinski definition) is 1. The number of amides is 1. The van der Waals surface area contributed by atoms with Crippen LogP contribution in [0.15, 0.2) is 48.5 Å². The number of aryl methyl sites for hydroxylation is 2. The van der Waals surface area contributed by atoms with Crippen LogP contribution in [0.1, 0.15) is 24.5 Å². The standard InChI is InChI=1S/C18H21NO2/c1-3-15-7-9-16(10-8-15)19-18(20)11-12-21-17-6-4-5-14(2)13-17/h4-10,13H,3,11-12H2,1-2H3,(H,19,20). The lowest BCUT2D eigenvalue weighted by Crippen LogP contribution is -2.15. The smallest absolute Gasteiger partial charge is 0.227 e. The lowest BCUT2D eigenvalue weighted by atomic mass is 10.1. The predicted molar refractivity (Wildman–Crippen MR) is 85.7 cm³/mol. The minimum absolute atomic E-state index is 0.0353. The van der Waals surface area contributed by atoms with E-state index in [0.717, 1.165) is 23.4 Å². The first kappa shape index (κ1) is 15.1. The lowest BCUT2D eigenvalue weighted by molar-refractivity contribution is -0.116. The second kappa shape index (κ2) is 7.48. The highest BCUT2D eigenvalue weighted by Gasteiger charge is 2.03. The summed E-state index contributed by atoms with van der Waals surface area (Å²) in [6.07, 6.45) is 1.34. The maximum Gasteiger partial charge on any atom is 0.227 e. The first-order chi connectivity index (χ1) is 10.2. The van der Waals surface area contributed by atoms with Crippen molar-refractivity contribution in [3.8, 4) is 5.75 Å². The van der Waals surface area contributed by atoms with Gasteiger partial charge in [-0.3, -0.25) is 4.79 Å². The Morgan fingerprint density at radius 1 is 1.14 bits per heavy atom. The summed E-state index contributed by atoms with van der Waals surface area (Å²) < 4.78 is 5.57. The first-order valence-electron chi connectivity index (χ1n) is 7.25. The number of benzene rings is 2. The van der Waals surface area contributed by atoms with E-state index in [1.54, 1.807) is 0 Å². The molecule has 3 nitrogen and oxygen atoms in total. The number of rotatable bonds is 6. The molecule has 0 bridgehead atoms. The van der Waals surface area contributed by atoms with Crippen LogP contribution < -0.4 is 10.1 Å². The minimum Gasteiger partial charge on any atom is -0.493 e. The largest absolute Gasteiger partial charge is 0.493 e. The van der Waals surface area contributed by atoms with E-state index < -0.39 is 0 Å². The summed E-state index contributed by atoms with van der Waals surface area (Å²) in [5.74, 6) is 0.766. The van der Waals surface area contributed by atoms with E-state index in [-0.39, 0.29) is 5.91 Å². The number of nitrogens with one attached hydrogen (secondary N) is 1. The van der Waals surface area contributed by atoms with Crippen LogP contribution in [0, 0.1) is 6.92 Å². The van der Waals surface area contributed by atoms with Crippen molar-refractivity contribution >= 4 is 11.6 Å². The Hall–Kier alpha value is -2.29. The van der Waals surface area contributed by atoms with E-state index >= 15 is 0 Å². The highest BCUT2D eigenvalue weighted by atomic mass is 16.5. The summed E-state index contributed by atoms with van der Waals surface area (Å²) in [7, 11) is 0. The molecule has 0 unspecified atom stereocenters. The highest BCUT2D eigenvalue weighted by molar-refractivity contribution is 5.90. The Morgan fingerprint density at radius 3 is 2.57 bits per heavy atom. The van der Waals surface area contributed by atoms with Crippen LogP contribution >= 0.6 is 0 Å². The Morgan fingerprint density at radius 2 is 1.90 bits per heavy atom. The van der Waals surface area contributed by atoms with Gasteiger partial charge in [0.15, 0.2) is 0 Å². The number of ether oxygens (including phenoxy) is 1. The molecule has 110 valence electrons. The third kappa shape index (κ3) is 4.95. The van der Waals surface area contributed by atoms with E-state index in [1.807, 2.05) is 55.5 Å². The zero-order valence-corrected chi connectivity index (χ0v) is 12.6. The fourth-order valence-electron chi connectivity index (χ4n) is 2.01. The van der Waals surface area contributed by atoms with Crippen molar-refractivity contribution in [2.24, 2.45) is 0 Å². The van der Waals surface area contributed by atoms with Crippen molar-refractivity contribution in [2.45, 2.75) is 26.7 Å². The summed E-state index contributed by atoms with van der Waals surface area (Å²) in [6.45, 7) is 4.50. The third-order valence-corrected chi connectivity index (χ3v) is 3.23. The van der Waals surface area contributed by atoms with E-state index in [4.69, 9.17) is 4.74 Å². The molecule has 0 aliphatic heterocycles. The van der Waals surface area contributed by atoms with Crippen LogP contribution in [-0.2, 0) is 11.2 Å². The second-order valence-electron chi connectivity index (χ2n) is 5.01. The first-order valence-corrected chi connectivity index (χ1v) is 7.25. The van der Waals surface area contributed by atoms with Gasteiger partial charge in [0.1, 0.15) is 5.75 Å². The van der Waals surface area contributed by atoms with Crippen LogP contribution in [0.3, 0.4) is 0 Å². The maximum atomic E-state index is 11.8. The van der Waals surface area contributed by atoms with Gasteiger partial charge in [0, 0.05) is 5.69 Å². The number of carbonyl (C=O) groups is 1. The van der Waals surface area contributed by atoms with Gasteiger partial charge in [0.05, 0.1) is 13.0 Å². The molecule has 21 heavy (non-hydrogen) atoms. The number of carbonyl (C=O) groups excluding carboxylic acids is 1. The molecular formula is C18H21NO2. The van der Waals surface area contributed by atoms with Crippen molar-refractivity contribution in [2.75, 3.05) is 11.9 Å². The Kier molecular flexibility index (Phi) is 5.38. The Labute approximate surface area is 126 Å². The molecule has 0 spiro atoms. The zero-order chi connectivity index (χ0) is 15.1. The van der Waals surface area contributed by atoms with Gasteiger partial charge >= 0.3 is 0 Å². The Bertz CT molecular complexity index is 590. The third-order valence-electron chi connectivity index (χ3n) is 3.23. The molecule has 3 heteroatoms. The number of anilines is 1. The normalized spacial score (nSPS) is 10.2. The summed E-state index contributed by atoms with van der Waals surface area (Å²) >= 11 is 0. The van der Waals surface area contributed by atoms with Gasteiger partial charge in [0.25, 0.3) is 0 Å². The summed E-state index contributed by atoms with van der Waals surface area (Å²) in [5, 5.41) is 2.87. The monoisotopic (exact) mass is 283 g/mol. The highest BCUT2D eigenvalue weighted by Crippen LogP contribution is 2.13. The van der Waals surface area contributed by atoms with E-state index in [9.17, 15) is 4.79 Å². The minimum atomic E-state index is -0.0353. The molecule has 2 aromatic rings. The summed E-state index contributed by atoms with van der Waals surface area (Å²) in [6, 6.07) is 15.7. The topological polar surface area (TPSA) is 38.3 Å². The van der Waals surface area contributed by atoms with Crippen LogP contribution in [0.4, 0.5) is 5.69 Å². The van der Waals surface area contributed by atoms with Gasteiger partial charge in [-0.1, -0.05) is 31.2 Å². The fraction of sp³-hybridized carbons (Fsp3) is 0.278. The molecule has 0 aliphatic rings. The zero-order valence-electron chi connectivity index (χ0n) is 12.6. The molecule has 0 saturated heterocycles. The van der Waals surface area contributed by atoms with Gasteiger partial charge in [-0.05, 0) is 48.7 Å². The molecule has 0 radical (unpaired) electrons. The molecule has 0 fully saturated rings. The van der Waals surface area contributed by atoms with Gasteiger partial charge in [0.2, 0.25) is 5.91 Å². The average molecular weight is 283 g/mol. The van der Waals surface area contributed by atoms with Gasteiger partial charge in [-0.15, -0.1) is 0 Å². The van der Waals surface area contributed by atoms with Crippen LogP contribution in [0.5, 0.6) is 5.75 Å². The van der Waals surface area contributed by atoms with Crippen LogP contribution in [-0.4, -0.2) is 12.5 Å². The quantitative estimate of drug-likeness (QED) is 0.871. The van der Waals surface area contributed by atoms with Crippen molar-refractivity contribution in [3.05, 3.63) is 59.7 Å². The molecule has 0 aromatic heterocycles. The average Bonchev–Trinajstić information content (AvgIpc) is 2.48. The van der Waals surface area contributed by atoms with E-state index in [1.165, 1.54) is 5.56 Å². The van der Waals surface area contributed by atoms with Crippen LogP contribution in [0.2, 0.25) is 0 Å². The van der Waals surface area contributed by atoms with E-state index in [0.29, 0.717) is 13.0 Å². The molecule has 0 aliphatic carbocycles. The molecule has 0 saturated carbocycles. The van der Waals surface area contributed by atoms with Crippen LogP contribution in [0.25, 0.3) is 0 Å². The SMILES string of the molecule is CCc1ccc(NC(=O)CCOc2cccc(C)c2)cc1. The lowest BCUT2D eigenvalue weighted by Gasteiger charge is -2.08. The summed E-state index contributed by atoms with van der Waals surface area (Å²) in [5.41, 5.74) is 3.23. The molecule has 2 rings (SSSR count). The van der Waals surface area contributed by atoms with Gasteiger partial charge < -0.3 is 10.1 Å². The number of hydrogen-bond acceptors (Lipinski definition) is 2. The maximum absolute atomic E-state index is 11.8. The van der Waals surface area contributed by atoms with Gasteiger partial charge in [-0.2, -0.15) is 0 Å². The predicted octanol–water partition coefficient (Wildman–Crippen LogP) is 3.97. The molecule has 0 heterocycles. The second-order valence-corrected chi connectivity index (χ2v) is 5.01. The molecular weight excluding hydrogens is 262 g/mol. The van der Waals surface area contributed by atoms with Crippen molar-refractivity contribution in [1.82, 2.24) is 0 Å². The van der Waals surface area contributed by atoms with Crippen molar-refractivity contribution in [3.63, 3.8) is 0 Å². The van der Waals surface area contributed by atoms with Crippen molar-refractivity contribution in [1.29, 1.82) is 0 Å². The van der Waals surface area contributed by atoms with Gasteiger partial charge in [-0.25, -0.2) is 0 Å². The molecule has 1 N–H and O–H groups in total.